The van der Waals surface area contributed by atoms with Gasteiger partial charge in [-0.1, -0.05) is 0 Å². The molecule has 0 N–H and O–H groups in total. The number of furan rings is 1. The maximum Gasteiger partial charge on any atom is 0.269 e. The minimum atomic E-state index is -3.85. The van der Waals surface area contributed by atoms with E-state index in [4.69, 9.17) is 9.15 Å². The monoisotopic (exact) mass is 354 g/mol. The standard InChI is InChI=1S/C15H18N2O6S/c1-12-10-13(17(18)19)5-6-15(12)24(20,21)16(7-9-22-2)11-14-4-3-8-23-14/h3-6,8,10H,7,9,11H2,1-2H3. The molecular formula is C15H18N2O6S. The lowest BCUT2D eigenvalue weighted by atomic mass is 10.2. The number of hydrogen-bond donors (Lipinski definition) is 0. The van der Waals surface area contributed by atoms with Crippen LogP contribution in [0.15, 0.2) is 45.9 Å². The summed E-state index contributed by atoms with van der Waals surface area (Å²) in [6.07, 6.45) is 1.47. The van der Waals surface area contributed by atoms with Crippen LogP contribution in [0.3, 0.4) is 0 Å². The van der Waals surface area contributed by atoms with Crippen molar-refractivity contribution >= 4 is 15.7 Å². The second kappa shape index (κ2) is 7.56. The highest BCUT2D eigenvalue weighted by atomic mass is 32.2. The molecule has 2 aromatic rings. The molecule has 0 atom stereocenters. The van der Waals surface area contributed by atoms with E-state index >= 15 is 0 Å². The van der Waals surface area contributed by atoms with Crippen molar-refractivity contribution in [3.63, 3.8) is 0 Å². The van der Waals surface area contributed by atoms with Gasteiger partial charge in [0.2, 0.25) is 10.0 Å². The highest BCUT2D eigenvalue weighted by Crippen LogP contribution is 2.25. The Hall–Kier alpha value is -2.23. The SMILES string of the molecule is COCCN(Cc1ccco1)S(=O)(=O)c1ccc([N+](=O)[O-])cc1C. The Morgan fingerprint density at radius 2 is 2.08 bits per heavy atom. The number of non-ortho nitro benzene ring substituents is 1. The van der Waals surface area contributed by atoms with E-state index in [1.165, 1.54) is 42.8 Å². The lowest BCUT2D eigenvalue weighted by Crippen LogP contribution is -2.33. The summed E-state index contributed by atoms with van der Waals surface area (Å²) in [5, 5.41) is 10.8. The summed E-state index contributed by atoms with van der Waals surface area (Å²) < 4.78 is 37.3. The Labute approximate surface area is 139 Å². The molecule has 8 nitrogen and oxygen atoms in total. The predicted molar refractivity (Wildman–Crippen MR) is 86.0 cm³/mol. The highest BCUT2D eigenvalue weighted by molar-refractivity contribution is 7.89. The lowest BCUT2D eigenvalue weighted by Gasteiger charge is -2.21. The summed E-state index contributed by atoms with van der Waals surface area (Å²) in [5.74, 6) is 0.495. The fourth-order valence-corrected chi connectivity index (χ4v) is 3.83. The minimum absolute atomic E-state index is 0.0239. The Morgan fingerprint density at radius 1 is 1.33 bits per heavy atom. The lowest BCUT2D eigenvalue weighted by molar-refractivity contribution is -0.385. The van der Waals surface area contributed by atoms with Crippen molar-refractivity contribution in [1.82, 2.24) is 4.31 Å². The molecule has 0 aliphatic rings. The first-order valence-corrected chi connectivity index (χ1v) is 8.56. The number of nitrogens with zero attached hydrogens (tertiary/aromatic N) is 2. The van der Waals surface area contributed by atoms with Gasteiger partial charge in [-0.2, -0.15) is 4.31 Å². The fraction of sp³-hybridized carbons (Fsp3) is 0.333. The van der Waals surface area contributed by atoms with Crippen LogP contribution in [0.1, 0.15) is 11.3 Å². The molecule has 130 valence electrons. The Bertz CT molecular complexity index is 801. The molecule has 0 amide bonds. The van der Waals surface area contributed by atoms with Crippen molar-refractivity contribution in [2.75, 3.05) is 20.3 Å². The van der Waals surface area contributed by atoms with Crippen LogP contribution in [0.25, 0.3) is 0 Å². The van der Waals surface area contributed by atoms with Gasteiger partial charge in [0, 0.05) is 25.8 Å². The number of nitro benzene ring substituents is 1. The smallest absolute Gasteiger partial charge is 0.269 e. The summed E-state index contributed by atoms with van der Waals surface area (Å²) in [4.78, 5) is 10.3. The maximum atomic E-state index is 12.9. The number of ether oxygens (including phenoxy) is 1. The second-order valence-corrected chi connectivity index (χ2v) is 7.02. The molecule has 2 rings (SSSR count). The van der Waals surface area contributed by atoms with Crippen LogP contribution >= 0.6 is 0 Å². The average Bonchev–Trinajstić information content (AvgIpc) is 3.03. The van der Waals surface area contributed by atoms with Gasteiger partial charge >= 0.3 is 0 Å². The summed E-state index contributed by atoms with van der Waals surface area (Å²) >= 11 is 0. The number of aryl methyl sites for hydroxylation is 1. The average molecular weight is 354 g/mol. The van der Waals surface area contributed by atoms with E-state index < -0.39 is 14.9 Å². The quantitative estimate of drug-likeness (QED) is 0.532. The molecule has 0 unspecified atom stereocenters. The molecule has 9 heteroatoms. The predicted octanol–water partition coefficient (Wildman–Crippen LogP) is 2.33. The molecular weight excluding hydrogens is 336 g/mol. The Kier molecular flexibility index (Phi) is 5.71. The minimum Gasteiger partial charge on any atom is -0.468 e. The van der Waals surface area contributed by atoms with E-state index in [2.05, 4.69) is 0 Å². The first-order chi connectivity index (χ1) is 11.4. The zero-order chi connectivity index (χ0) is 17.7. The molecule has 0 aliphatic heterocycles. The van der Waals surface area contributed by atoms with Gasteiger partial charge in [-0.25, -0.2) is 8.42 Å². The third kappa shape index (κ3) is 3.99. The molecule has 0 spiro atoms. The topological polar surface area (TPSA) is 103 Å². The van der Waals surface area contributed by atoms with Gasteiger partial charge in [-0.3, -0.25) is 10.1 Å². The zero-order valence-corrected chi connectivity index (χ0v) is 14.2. The van der Waals surface area contributed by atoms with Gasteiger partial charge in [0.1, 0.15) is 5.76 Å². The number of methoxy groups -OCH3 is 1. The Morgan fingerprint density at radius 3 is 2.62 bits per heavy atom. The normalized spacial score (nSPS) is 11.8. The summed E-state index contributed by atoms with van der Waals surface area (Å²) in [6.45, 7) is 1.93. The van der Waals surface area contributed by atoms with Crippen molar-refractivity contribution in [3.05, 3.63) is 58.0 Å². The number of rotatable bonds is 8. The van der Waals surface area contributed by atoms with Crippen LogP contribution in [-0.2, 0) is 21.3 Å². The number of benzene rings is 1. The van der Waals surface area contributed by atoms with E-state index in [0.717, 1.165) is 0 Å². The van der Waals surface area contributed by atoms with Crippen molar-refractivity contribution in [1.29, 1.82) is 0 Å². The van der Waals surface area contributed by atoms with Crippen LogP contribution in [0.4, 0.5) is 5.69 Å². The second-order valence-electron chi connectivity index (χ2n) is 5.12. The van der Waals surface area contributed by atoms with Gasteiger partial charge in [0.25, 0.3) is 5.69 Å². The molecule has 24 heavy (non-hydrogen) atoms. The number of nitro groups is 1. The van der Waals surface area contributed by atoms with Crippen molar-refractivity contribution < 1.29 is 22.5 Å². The van der Waals surface area contributed by atoms with Gasteiger partial charge in [0.05, 0.1) is 29.2 Å². The van der Waals surface area contributed by atoms with Gasteiger partial charge < -0.3 is 9.15 Å². The molecule has 1 heterocycles. The molecule has 0 bridgehead atoms. The van der Waals surface area contributed by atoms with Gasteiger partial charge in [0.15, 0.2) is 0 Å². The molecule has 0 radical (unpaired) electrons. The van der Waals surface area contributed by atoms with Crippen LogP contribution in [-0.4, -0.2) is 37.9 Å². The van der Waals surface area contributed by atoms with Crippen molar-refractivity contribution in [3.8, 4) is 0 Å². The third-order valence-corrected chi connectivity index (χ3v) is 5.45. The van der Waals surface area contributed by atoms with Crippen LogP contribution < -0.4 is 0 Å². The molecule has 0 fully saturated rings. The van der Waals surface area contributed by atoms with E-state index in [1.807, 2.05) is 0 Å². The summed E-state index contributed by atoms with van der Waals surface area (Å²) in [6, 6.07) is 7.03. The first-order valence-electron chi connectivity index (χ1n) is 7.12. The van der Waals surface area contributed by atoms with E-state index in [-0.39, 0.29) is 30.3 Å². The number of sulfonamides is 1. The van der Waals surface area contributed by atoms with Crippen LogP contribution in [0.2, 0.25) is 0 Å². The van der Waals surface area contributed by atoms with Gasteiger partial charge in [-0.15, -0.1) is 0 Å². The third-order valence-electron chi connectivity index (χ3n) is 3.44. The number of hydrogen-bond acceptors (Lipinski definition) is 6. The Balaban J connectivity index is 2.37. The molecule has 1 aromatic heterocycles. The summed E-state index contributed by atoms with van der Waals surface area (Å²) in [5.41, 5.74) is 0.159. The summed E-state index contributed by atoms with van der Waals surface area (Å²) in [7, 11) is -2.37. The van der Waals surface area contributed by atoms with E-state index in [9.17, 15) is 18.5 Å². The first kappa shape index (κ1) is 18.1. The largest absolute Gasteiger partial charge is 0.468 e. The molecule has 0 aliphatic carbocycles. The maximum absolute atomic E-state index is 12.9. The molecule has 1 aromatic carbocycles. The van der Waals surface area contributed by atoms with Crippen molar-refractivity contribution in [2.24, 2.45) is 0 Å². The zero-order valence-electron chi connectivity index (χ0n) is 13.3. The van der Waals surface area contributed by atoms with Crippen LogP contribution in [0, 0.1) is 17.0 Å². The van der Waals surface area contributed by atoms with E-state index in [0.29, 0.717) is 11.3 Å². The van der Waals surface area contributed by atoms with Crippen LogP contribution in [0.5, 0.6) is 0 Å². The van der Waals surface area contributed by atoms with Crippen molar-refractivity contribution in [2.45, 2.75) is 18.4 Å². The highest BCUT2D eigenvalue weighted by Gasteiger charge is 2.27. The molecule has 0 saturated heterocycles. The van der Waals surface area contributed by atoms with E-state index in [1.54, 1.807) is 12.1 Å². The molecule has 0 saturated carbocycles. The van der Waals surface area contributed by atoms with Gasteiger partial charge in [-0.05, 0) is 30.7 Å². The fourth-order valence-electron chi connectivity index (χ4n) is 2.23.